The molecule has 0 saturated carbocycles. The van der Waals surface area contributed by atoms with Crippen molar-refractivity contribution in [3.63, 3.8) is 0 Å². The van der Waals surface area contributed by atoms with Gasteiger partial charge in [0.25, 0.3) is 11.6 Å². The second-order valence-corrected chi connectivity index (χ2v) is 5.97. The van der Waals surface area contributed by atoms with Crippen molar-refractivity contribution < 1.29 is 14.5 Å². The van der Waals surface area contributed by atoms with Crippen molar-refractivity contribution in [1.82, 2.24) is 0 Å². The molecular weight excluding hydrogens is 372 g/mol. The Hall–Kier alpha value is -4.38. The van der Waals surface area contributed by atoms with Crippen molar-refractivity contribution in [2.75, 3.05) is 17.7 Å². The summed E-state index contributed by atoms with van der Waals surface area (Å²) in [6, 6.07) is 19.1. The molecule has 3 aromatic rings. The van der Waals surface area contributed by atoms with Gasteiger partial charge in [0.05, 0.1) is 23.8 Å². The number of nitrogens with one attached hydrogen (secondary N) is 2. The Kier molecular flexibility index (Phi) is 5.71. The lowest BCUT2D eigenvalue weighted by Crippen LogP contribution is -2.15. The normalized spacial score (nSPS) is 10.8. The SMILES string of the molecule is COc1cc([N+](=O)[O-])ccc1NC(=O)/C(C#N)=C\Nc1ccc2ccccc2c1. The molecule has 3 rings (SSSR count). The molecule has 29 heavy (non-hydrogen) atoms. The predicted molar refractivity (Wildman–Crippen MR) is 110 cm³/mol. The summed E-state index contributed by atoms with van der Waals surface area (Å²) in [6.45, 7) is 0. The molecular formula is C21H16N4O4. The summed E-state index contributed by atoms with van der Waals surface area (Å²) in [5.74, 6) is -0.555. The second-order valence-electron chi connectivity index (χ2n) is 5.97. The molecule has 0 radical (unpaired) electrons. The van der Waals surface area contributed by atoms with Gasteiger partial charge in [0.15, 0.2) is 0 Å². The van der Waals surface area contributed by atoms with E-state index in [0.29, 0.717) is 0 Å². The quantitative estimate of drug-likeness (QED) is 0.283. The molecule has 3 aromatic carbocycles. The van der Waals surface area contributed by atoms with Crippen LogP contribution >= 0.6 is 0 Å². The number of hydrogen-bond acceptors (Lipinski definition) is 6. The van der Waals surface area contributed by atoms with Crippen LogP contribution in [0.4, 0.5) is 17.1 Å². The highest BCUT2D eigenvalue weighted by atomic mass is 16.6. The molecule has 0 saturated heterocycles. The van der Waals surface area contributed by atoms with Crippen LogP contribution in [0.25, 0.3) is 10.8 Å². The molecule has 0 fully saturated rings. The van der Waals surface area contributed by atoms with Crippen molar-refractivity contribution in [3.8, 4) is 11.8 Å². The van der Waals surface area contributed by atoms with Crippen LogP contribution in [0.1, 0.15) is 0 Å². The molecule has 8 nitrogen and oxygen atoms in total. The number of carbonyl (C=O) groups is 1. The summed E-state index contributed by atoms with van der Waals surface area (Å²) in [5.41, 5.74) is 0.597. The van der Waals surface area contributed by atoms with Gasteiger partial charge in [-0.05, 0) is 29.0 Å². The largest absolute Gasteiger partial charge is 0.494 e. The maximum atomic E-state index is 12.4. The maximum absolute atomic E-state index is 12.4. The molecule has 0 aliphatic rings. The summed E-state index contributed by atoms with van der Waals surface area (Å²) >= 11 is 0. The first-order valence-electron chi connectivity index (χ1n) is 8.51. The Morgan fingerprint density at radius 2 is 1.90 bits per heavy atom. The summed E-state index contributed by atoms with van der Waals surface area (Å²) in [5, 5.41) is 27.7. The van der Waals surface area contributed by atoms with Gasteiger partial charge in [-0.15, -0.1) is 0 Å². The highest BCUT2D eigenvalue weighted by molar-refractivity contribution is 6.07. The van der Waals surface area contributed by atoms with Gasteiger partial charge in [-0.2, -0.15) is 5.26 Å². The predicted octanol–water partition coefficient (Wildman–Crippen LogP) is 4.21. The topological polar surface area (TPSA) is 117 Å². The number of nitro benzene ring substituents is 1. The number of amides is 1. The van der Waals surface area contributed by atoms with Gasteiger partial charge in [-0.1, -0.05) is 30.3 Å². The molecule has 2 N–H and O–H groups in total. The van der Waals surface area contributed by atoms with Crippen LogP contribution in [0.5, 0.6) is 5.75 Å². The third-order valence-electron chi connectivity index (χ3n) is 4.14. The van der Waals surface area contributed by atoms with Crippen LogP contribution in [0.2, 0.25) is 0 Å². The van der Waals surface area contributed by atoms with E-state index in [4.69, 9.17) is 4.74 Å². The maximum Gasteiger partial charge on any atom is 0.273 e. The number of anilines is 2. The van der Waals surface area contributed by atoms with Gasteiger partial charge in [0, 0.05) is 18.0 Å². The van der Waals surface area contributed by atoms with Gasteiger partial charge in [-0.3, -0.25) is 14.9 Å². The minimum atomic E-state index is -0.673. The molecule has 0 heterocycles. The van der Waals surface area contributed by atoms with Crippen LogP contribution in [-0.4, -0.2) is 17.9 Å². The minimum absolute atomic E-state index is 0.118. The van der Waals surface area contributed by atoms with E-state index in [9.17, 15) is 20.2 Å². The third-order valence-corrected chi connectivity index (χ3v) is 4.14. The number of nitrogens with zero attached hydrogens (tertiary/aromatic N) is 2. The van der Waals surface area contributed by atoms with Crippen LogP contribution in [0.15, 0.2) is 72.4 Å². The number of nitriles is 1. The first-order chi connectivity index (χ1) is 14.0. The zero-order valence-corrected chi connectivity index (χ0v) is 15.4. The molecule has 1 amide bonds. The fourth-order valence-electron chi connectivity index (χ4n) is 2.67. The zero-order valence-electron chi connectivity index (χ0n) is 15.4. The lowest BCUT2D eigenvalue weighted by atomic mass is 10.1. The summed E-state index contributed by atoms with van der Waals surface area (Å²) in [4.78, 5) is 22.7. The molecule has 0 bridgehead atoms. The number of methoxy groups -OCH3 is 1. The van der Waals surface area contributed by atoms with Crippen molar-refractivity contribution in [2.24, 2.45) is 0 Å². The Balaban J connectivity index is 1.77. The summed E-state index contributed by atoms with van der Waals surface area (Å²) in [7, 11) is 1.33. The van der Waals surface area contributed by atoms with Gasteiger partial charge in [-0.25, -0.2) is 0 Å². The van der Waals surface area contributed by atoms with E-state index < -0.39 is 10.8 Å². The van der Waals surface area contributed by atoms with E-state index in [1.807, 2.05) is 48.5 Å². The average molecular weight is 388 g/mol. The van der Waals surface area contributed by atoms with Gasteiger partial charge in [0.1, 0.15) is 17.4 Å². The molecule has 0 unspecified atom stereocenters. The molecule has 0 atom stereocenters. The zero-order chi connectivity index (χ0) is 20.8. The minimum Gasteiger partial charge on any atom is -0.494 e. The van der Waals surface area contributed by atoms with Gasteiger partial charge < -0.3 is 15.4 Å². The van der Waals surface area contributed by atoms with Gasteiger partial charge >= 0.3 is 0 Å². The highest BCUT2D eigenvalue weighted by Gasteiger charge is 2.15. The number of fused-ring (bicyclic) bond motifs is 1. The van der Waals surface area contributed by atoms with E-state index in [2.05, 4.69) is 10.6 Å². The Labute approximate surface area is 166 Å². The molecule has 8 heteroatoms. The van der Waals surface area contributed by atoms with Gasteiger partial charge in [0.2, 0.25) is 0 Å². The Morgan fingerprint density at radius 3 is 2.59 bits per heavy atom. The van der Waals surface area contributed by atoms with Crippen molar-refractivity contribution in [1.29, 1.82) is 5.26 Å². The fourth-order valence-corrected chi connectivity index (χ4v) is 2.67. The van der Waals surface area contributed by atoms with Crippen LogP contribution in [-0.2, 0) is 4.79 Å². The van der Waals surface area contributed by atoms with E-state index in [-0.39, 0.29) is 22.7 Å². The summed E-state index contributed by atoms with van der Waals surface area (Å²) < 4.78 is 5.08. The highest BCUT2D eigenvalue weighted by Crippen LogP contribution is 2.29. The number of benzene rings is 3. The lowest BCUT2D eigenvalue weighted by molar-refractivity contribution is -0.384. The van der Waals surface area contributed by atoms with Crippen LogP contribution < -0.4 is 15.4 Å². The number of non-ortho nitro benzene ring substituents is 1. The first kappa shape index (κ1) is 19.4. The van der Waals surface area contributed by atoms with Crippen molar-refractivity contribution in [2.45, 2.75) is 0 Å². The van der Waals surface area contributed by atoms with Crippen LogP contribution in [0.3, 0.4) is 0 Å². The standard InChI is InChI=1S/C21H16N4O4/c1-29-20-11-18(25(27)28)8-9-19(20)24-21(26)16(12-22)13-23-17-7-6-14-4-2-3-5-15(14)10-17/h2-11,13,23H,1H3,(H,24,26)/b16-13-. The lowest BCUT2D eigenvalue weighted by Gasteiger charge is -2.10. The smallest absolute Gasteiger partial charge is 0.273 e. The van der Waals surface area contributed by atoms with Crippen molar-refractivity contribution >= 4 is 33.7 Å². The molecule has 0 spiro atoms. The Morgan fingerprint density at radius 1 is 1.14 bits per heavy atom. The average Bonchev–Trinajstić information content (AvgIpc) is 2.74. The first-order valence-corrected chi connectivity index (χ1v) is 8.51. The molecule has 0 aromatic heterocycles. The third kappa shape index (κ3) is 4.48. The Bertz CT molecular complexity index is 1160. The second kappa shape index (κ2) is 8.54. The van der Waals surface area contributed by atoms with E-state index in [0.717, 1.165) is 16.5 Å². The molecule has 0 aliphatic carbocycles. The number of ether oxygens (including phenoxy) is 1. The van der Waals surface area contributed by atoms with Crippen molar-refractivity contribution in [3.05, 3.63) is 82.6 Å². The monoisotopic (exact) mass is 388 g/mol. The fraction of sp³-hybridized carbons (Fsp3) is 0.0476. The number of nitro groups is 1. The van der Waals surface area contributed by atoms with E-state index in [1.54, 1.807) is 0 Å². The molecule has 0 aliphatic heterocycles. The number of carbonyl (C=O) groups excluding carboxylic acids is 1. The van der Waals surface area contributed by atoms with E-state index in [1.165, 1.54) is 31.5 Å². The summed E-state index contributed by atoms with van der Waals surface area (Å²) in [6.07, 6.45) is 1.30. The number of rotatable bonds is 6. The number of hydrogen-bond donors (Lipinski definition) is 2. The van der Waals surface area contributed by atoms with E-state index >= 15 is 0 Å². The van der Waals surface area contributed by atoms with Crippen LogP contribution in [0, 0.1) is 21.4 Å². The molecule has 144 valence electrons.